The van der Waals surface area contributed by atoms with Crippen molar-refractivity contribution in [3.63, 3.8) is 0 Å². The Kier molecular flexibility index (Phi) is 5.56. The smallest absolute Gasteiger partial charge is 0.417 e. The molecule has 0 aromatic carbocycles. The van der Waals surface area contributed by atoms with E-state index in [1.54, 1.807) is 34.6 Å². The molecule has 126 valence electrons. The van der Waals surface area contributed by atoms with Crippen molar-refractivity contribution in [1.82, 2.24) is 4.90 Å². The predicted octanol–water partition coefficient (Wildman–Crippen LogP) is 1.33. The normalized spacial score (nSPS) is 23.6. The molecule has 0 aromatic heterocycles. The molecule has 1 aliphatic rings. The summed E-state index contributed by atoms with van der Waals surface area (Å²) in [6.45, 7) is 8.53. The lowest BCUT2D eigenvalue weighted by Gasteiger charge is -2.26. The summed E-state index contributed by atoms with van der Waals surface area (Å²) in [5.74, 6) is -2.30. The van der Waals surface area contributed by atoms with E-state index in [0.29, 0.717) is 0 Å². The van der Waals surface area contributed by atoms with Gasteiger partial charge in [0.25, 0.3) is 0 Å². The number of rotatable bonds is 3. The number of hydrogen-bond donors (Lipinski definition) is 1. The highest BCUT2D eigenvalue weighted by molar-refractivity contribution is 6.01. The third-order valence-electron chi connectivity index (χ3n) is 3.50. The van der Waals surface area contributed by atoms with E-state index in [4.69, 9.17) is 4.74 Å². The average Bonchev–Trinajstić information content (AvgIpc) is 2.72. The van der Waals surface area contributed by atoms with Gasteiger partial charge >= 0.3 is 12.1 Å². The monoisotopic (exact) mass is 315 g/mol. The van der Waals surface area contributed by atoms with Crippen LogP contribution in [0, 0.1) is 11.8 Å². The van der Waals surface area contributed by atoms with E-state index < -0.39 is 41.6 Å². The average molecular weight is 315 g/mol. The van der Waals surface area contributed by atoms with Gasteiger partial charge < -0.3 is 14.6 Å². The van der Waals surface area contributed by atoms with Crippen LogP contribution in [0.1, 0.15) is 41.0 Å². The fraction of sp³-hybridized carbons (Fsp3) is 0.800. The Balaban J connectivity index is 3.06. The Morgan fingerprint density at radius 1 is 1.32 bits per heavy atom. The van der Waals surface area contributed by atoms with Gasteiger partial charge in [0.05, 0.1) is 19.1 Å². The van der Waals surface area contributed by atoms with Crippen molar-refractivity contribution in [2.75, 3.05) is 7.11 Å². The molecule has 7 nitrogen and oxygen atoms in total. The number of esters is 1. The molecule has 0 spiro atoms. The van der Waals surface area contributed by atoms with E-state index in [1.807, 2.05) is 0 Å². The van der Waals surface area contributed by atoms with Gasteiger partial charge in [-0.3, -0.25) is 4.79 Å². The van der Waals surface area contributed by atoms with Crippen LogP contribution in [0.2, 0.25) is 0 Å². The van der Waals surface area contributed by atoms with Crippen LogP contribution in [0.4, 0.5) is 4.79 Å². The number of hydrogen-bond acceptors (Lipinski definition) is 6. The van der Waals surface area contributed by atoms with Gasteiger partial charge in [0.2, 0.25) is 5.91 Å². The first-order valence-corrected chi connectivity index (χ1v) is 7.31. The van der Waals surface area contributed by atoms with E-state index in [9.17, 15) is 19.5 Å². The molecular weight excluding hydrogens is 290 g/mol. The molecule has 1 aliphatic heterocycles. The topological polar surface area (TPSA) is 93.1 Å². The van der Waals surface area contributed by atoms with Crippen molar-refractivity contribution in [3.8, 4) is 0 Å². The zero-order chi connectivity index (χ0) is 17.2. The van der Waals surface area contributed by atoms with Gasteiger partial charge in [-0.25, -0.2) is 14.5 Å². The summed E-state index contributed by atoms with van der Waals surface area (Å²) < 4.78 is 9.84. The van der Waals surface area contributed by atoms with Crippen LogP contribution in [-0.2, 0) is 19.1 Å². The zero-order valence-corrected chi connectivity index (χ0v) is 14.0. The minimum Gasteiger partial charge on any atom is -0.467 e. The molecule has 7 heteroatoms. The van der Waals surface area contributed by atoms with Crippen LogP contribution in [-0.4, -0.2) is 52.8 Å². The largest absolute Gasteiger partial charge is 0.467 e. The number of aliphatic hydroxyl groups is 1. The second kappa shape index (κ2) is 6.64. The van der Waals surface area contributed by atoms with Gasteiger partial charge in [0.15, 0.2) is 0 Å². The van der Waals surface area contributed by atoms with Crippen molar-refractivity contribution in [3.05, 3.63) is 0 Å². The first kappa shape index (κ1) is 18.4. The van der Waals surface area contributed by atoms with Crippen LogP contribution in [0.25, 0.3) is 0 Å². The number of imide groups is 1. The van der Waals surface area contributed by atoms with E-state index in [2.05, 4.69) is 4.74 Å². The van der Waals surface area contributed by atoms with Crippen molar-refractivity contribution >= 4 is 18.0 Å². The molecule has 1 N–H and O–H groups in total. The lowest BCUT2D eigenvalue weighted by atomic mass is 9.91. The summed E-state index contributed by atoms with van der Waals surface area (Å²) >= 11 is 0. The van der Waals surface area contributed by atoms with Gasteiger partial charge in [-0.2, -0.15) is 0 Å². The number of amides is 2. The minimum absolute atomic E-state index is 0.0318. The Hall–Kier alpha value is -1.63. The number of methoxy groups -OCH3 is 1. The van der Waals surface area contributed by atoms with Gasteiger partial charge in [0.1, 0.15) is 11.6 Å². The standard InChI is InChI=1S/C15H25NO6/c1-8(2)11(17)9-7-10(13(19)21-6)16(12(9)18)14(20)22-15(3,4)5/h8-11,17H,7H2,1-6H3/t9?,10-,11?/m0/s1. The van der Waals surface area contributed by atoms with Gasteiger partial charge in [-0.1, -0.05) is 13.8 Å². The van der Waals surface area contributed by atoms with E-state index >= 15 is 0 Å². The first-order chi connectivity index (χ1) is 9.99. The molecule has 3 atom stereocenters. The van der Waals surface area contributed by atoms with E-state index in [0.717, 1.165) is 4.90 Å². The number of ether oxygens (including phenoxy) is 2. The maximum absolute atomic E-state index is 12.5. The molecule has 1 fully saturated rings. The fourth-order valence-electron chi connectivity index (χ4n) is 2.40. The summed E-state index contributed by atoms with van der Waals surface area (Å²) in [5, 5.41) is 10.1. The van der Waals surface area contributed by atoms with Crippen LogP contribution in [0.15, 0.2) is 0 Å². The molecule has 2 amide bonds. The molecule has 1 rings (SSSR count). The van der Waals surface area contributed by atoms with Crippen LogP contribution in [0.5, 0.6) is 0 Å². The van der Waals surface area contributed by atoms with Crippen LogP contribution >= 0.6 is 0 Å². The van der Waals surface area contributed by atoms with Crippen molar-refractivity contribution < 1.29 is 29.0 Å². The molecular formula is C15H25NO6. The van der Waals surface area contributed by atoms with Gasteiger partial charge in [-0.15, -0.1) is 0 Å². The fourth-order valence-corrected chi connectivity index (χ4v) is 2.40. The maximum Gasteiger partial charge on any atom is 0.417 e. The highest BCUT2D eigenvalue weighted by Gasteiger charge is 2.51. The Labute approximate surface area is 130 Å². The summed E-state index contributed by atoms with van der Waals surface area (Å²) in [7, 11) is 1.19. The molecule has 22 heavy (non-hydrogen) atoms. The summed E-state index contributed by atoms with van der Waals surface area (Å²) in [5.41, 5.74) is -0.799. The number of likely N-dealkylation sites (tertiary alicyclic amines) is 1. The van der Waals surface area contributed by atoms with Crippen LogP contribution < -0.4 is 0 Å². The summed E-state index contributed by atoms with van der Waals surface area (Å²) in [4.78, 5) is 37.3. The highest BCUT2D eigenvalue weighted by atomic mass is 16.6. The number of aliphatic hydroxyl groups excluding tert-OH is 1. The van der Waals surface area contributed by atoms with Crippen LogP contribution in [0.3, 0.4) is 0 Å². The van der Waals surface area contributed by atoms with Gasteiger partial charge in [0, 0.05) is 0 Å². The molecule has 1 saturated heterocycles. The highest BCUT2D eigenvalue weighted by Crippen LogP contribution is 2.32. The third-order valence-corrected chi connectivity index (χ3v) is 3.50. The SMILES string of the molecule is COC(=O)[C@@H]1CC(C(O)C(C)C)C(=O)N1C(=O)OC(C)(C)C. The second-order valence-electron chi connectivity index (χ2n) is 6.80. The molecule has 0 aliphatic carbocycles. The first-order valence-electron chi connectivity index (χ1n) is 7.31. The minimum atomic E-state index is -1.06. The molecule has 1 heterocycles. The number of nitrogens with zero attached hydrogens (tertiary/aromatic N) is 1. The molecule has 0 bridgehead atoms. The summed E-state index contributed by atoms with van der Waals surface area (Å²) in [6, 6.07) is -1.06. The molecule has 0 aromatic rings. The maximum atomic E-state index is 12.5. The van der Waals surface area contributed by atoms with Gasteiger partial charge in [-0.05, 0) is 33.1 Å². The lowest BCUT2D eigenvalue weighted by molar-refractivity contribution is -0.149. The lowest BCUT2D eigenvalue weighted by Crippen LogP contribution is -2.46. The Morgan fingerprint density at radius 3 is 2.27 bits per heavy atom. The number of carbonyl (C=O) groups is 3. The second-order valence-corrected chi connectivity index (χ2v) is 6.80. The van der Waals surface area contributed by atoms with E-state index in [1.165, 1.54) is 7.11 Å². The molecule has 0 radical (unpaired) electrons. The molecule has 0 saturated carbocycles. The van der Waals surface area contributed by atoms with Crippen molar-refractivity contribution in [2.24, 2.45) is 11.8 Å². The zero-order valence-electron chi connectivity index (χ0n) is 14.0. The Bertz CT molecular complexity index is 453. The molecule has 2 unspecified atom stereocenters. The predicted molar refractivity (Wildman–Crippen MR) is 77.8 cm³/mol. The van der Waals surface area contributed by atoms with Crippen molar-refractivity contribution in [1.29, 1.82) is 0 Å². The van der Waals surface area contributed by atoms with E-state index in [-0.39, 0.29) is 12.3 Å². The number of carbonyl (C=O) groups excluding carboxylic acids is 3. The van der Waals surface area contributed by atoms with Crippen molar-refractivity contribution in [2.45, 2.75) is 58.8 Å². The summed E-state index contributed by atoms with van der Waals surface area (Å²) in [6.07, 6.45) is -1.80. The third kappa shape index (κ3) is 3.97. The Morgan fingerprint density at radius 2 is 1.86 bits per heavy atom. The quantitative estimate of drug-likeness (QED) is 0.790.